The lowest BCUT2D eigenvalue weighted by molar-refractivity contribution is 0.0691. The molecule has 0 aliphatic rings. The van der Waals surface area contributed by atoms with Gasteiger partial charge in [0.2, 0.25) is 0 Å². The molecule has 1 N–H and O–H groups in total. The molecule has 0 aliphatic carbocycles. The number of carboxylic acids is 1. The highest BCUT2D eigenvalue weighted by Gasteiger charge is 2.16. The Morgan fingerprint density at radius 2 is 2.32 bits per heavy atom. The molecule has 100 valence electrons. The molecule has 0 bridgehead atoms. The summed E-state index contributed by atoms with van der Waals surface area (Å²) in [5, 5.41) is 12.8. The number of carbonyl (C=O) groups is 1. The summed E-state index contributed by atoms with van der Waals surface area (Å²) < 4.78 is 11.2. The van der Waals surface area contributed by atoms with Crippen molar-refractivity contribution < 1.29 is 19.2 Å². The highest BCUT2D eigenvalue weighted by atomic mass is 79.9. The van der Waals surface area contributed by atoms with Gasteiger partial charge in [-0.25, -0.2) is 4.79 Å². The maximum Gasteiger partial charge on any atom is 0.341 e. The number of nitrogens with zero attached hydrogens (tertiary/aromatic N) is 1. The molecule has 2 rings (SSSR count). The molecule has 19 heavy (non-hydrogen) atoms. The summed E-state index contributed by atoms with van der Waals surface area (Å²) in [4.78, 5) is 10.9. The Balaban J connectivity index is 2.19. The smallest absolute Gasteiger partial charge is 0.341 e. The molecule has 0 amide bonds. The van der Waals surface area contributed by atoms with Gasteiger partial charge in [-0.3, -0.25) is 0 Å². The average molecular weight is 347 g/mol. The zero-order valence-corrected chi connectivity index (χ0v) is 12.2. The number of carboxylic acid groups (broad SMARTS) is 1. The van der Waals surface area contributed by atoms with Gasteiger partial charge in [-0.15, -0.1) is 0 Å². The van der Waals surface area contributed by atoms with E-state index in [4.69, 9.17) is 26.0 Å². The fourth-order valence-electron chi connectivity index (χ4n) is 1.55. The summed E-state index contributed by atoms with van der Waals surface area (Å²) in [5.41, 5.74) is 0.807. The quantitative estimate of drug-likeness (QED) is 0.914. The molecule has 1 heterocycles. The van der Waals surface area contributed by atoms with E-state index < -0.39 is 5.97 Å². The second-order valence-corrected chi connectivity index (χ2v) is 5.11. The van der Waals surface area contributed by atoms with Gasteiger partial charge in [-0.1, -0.05) is 32.7 Å². The molecule has 0 atom stereocenters. The van der Waals surface area contributed by atoms with Crippen LogP contribution in [0.2, 0.25) is 5.02 Å². The third-order valence-electron chi connectivity index (χ3n) is 2.42. The number of ether oxygens (including phenoxy) is 1. The van der Waals surface area contributed by atoms with E-state index in [9.17, 15) is 4.79 Å². The van der Waals surface area contributed by atoms with Crippen molar-refractivity contribution in [3.05, 3.63) is 44.7 Å². The fourth-order valence-corrected chi connectivity index (χ4v) is 2.58. The van der Waals surface area contributed by atoms with Gasteiger partial charge in [0.25, 0.3) is 0 Å². The second kappa shape index (κ2) is 5.63. The van der Waals surface area contributed by atoms with E-state index >= 15 is 0 Å². The van der Waals surface area contributed by atoms with Crippen LogP contribution in [0.25, 0.3) is 0 Å². The largest absolute Gasteiger partial charge is 0.484 e. The van der Waals surface area contributed by atoms with Crippen LogP contribution in [-0.4, -0.2) is 16.2 Å². The summed E-state index contributed by atoms with van der Waals surface area (Å²) >= 11 is 9.38. The summed E-state index contributed by atoms with van der Waals surface area (Å²) in [5.74, 6) is -0.484. The van der Waals surface area contributed by atoms with Gasteiger partial charge in [-0.2, -0.15) is 0 Å². The maximum absolute atomic E-state index is 10.9. The molecule has 0 fully saturated rings. The first-order chi connectivity index (χ1) is 8.99. The highest BCUT2D eigenvalue weighted by Crippen LogP contribution is 2.32. The summed E-state index contributed by atoms with van der Waals surface area (Å²) in [6.45, 7) is 1.79. The SMILES string of the molecule is Cc1cc(Br)cc(Cl)c1OCc1oncc1C(=O)O. The van der Waals surface area contributed by atoms with Crippen molar-refractivity contribution in [3.63, 3.8) is 0 Å². The summed E-state index contributed by atoms with van der Waals surface area (Å²) in [7, 11) is 0. The Morgan fingerprint density at radius 1 is 1.58 bits per heavy atom. The normalized spacial score (nSPS) is 10.5. The number of aryl methyl sites for hydroxylation is 1. The first-order valence-electron chi connectivity index (χ1n) is 5.24. The first kappa shape index (κ1) is 13.9. The van der Waals surface area contributed by atoms with Gasteiger partial charge < -0.3 is 14.4 Å². The van der Waals surface area contributed by atoms with E-state index in [-0.39, 0.29) is 17.9 Å². The molecule has 0 spiro atoms. The van der Waals surface area contributed by atoms with Crippen molar-refractivity contribution in [3.8, 4) is 5.75 Å². The molecule has 0 aliphatic heterocycles. The molecular weight excluding hydrogens is 337 g/mol. The number of rotatable bonds is 4. The number of halogens is 2. The van der Waals surface area contributed by atoms with Gasteiger partial charge in [0.05, 0.1) is 11.2 Å². The van der Waals surface area contributed by atoms with Crippen LogP contribution in [0.1, 0.15) is 21.7 Å². The third kappa shape index (κ3) is 3.08. The van der Waals surface area contributed by atoms with Gasteiger partial charge in [0.15, 0.2) is 5.76 Å². The monoisotopic (exact) mass is 345 g/mol. The summed E-state index contributed by atoms with van der Waals surface area (Å²) in [6.07, 6.45) is 1.14. The molecule has 0 radical (unpaired) electrons. The van der Waals surface area contributed by atoms with Crippen LogP contribution in [0.5, 0.6) is 5.75 Å². The number of hydrogen-bond acceptors (Lipinski definition) is 4. The molecule has 5 nitrogen and oxygen atoms in total. The van der Waals surface area contributed by atoms with Gasteiger partial charge in [0.1, 0.15) is 17.9 Å². The maximum atomic E-state index is 10.9. The lowest BCUT2D eigenvalue weighted by Crippen LogP contribution is -2.03. The predicted molar refractivity (Wildman–Crippen MR) is 71.7 cm³/mol. The van der Waals surface area contributed by atoms with E-state index in [0.717, 1.165) is 16.2 Å². The predicted octanol–water partition coefficient (Wildman–Crippen LogP) is 3.68. The van der Waals surface area contributed by atoms with Gasteiger partial charge in [0, 0.05) is 4.47 Å². The van der Waals surface area contributed by atoms with E-state index in [2.05, 4.69) is 21.1 Å². The zero-order chi connectivity index (χ0) is 14.0. The number of aromatic nitrogens is 1. The minimum absolute atomic E-state index is 0.0223. The molecule has 0 unspecified atom stereocenters. The first-order valence-corrected chi connectivity index (χ1v) is 6.41. The highest BCUT2D eigenvalue weighted by molar-refractivity contribution is 9.10. The van der Waals surface area contributed by atoms with Crippen LogP contribution >= 0.6 is 27.5 Å². The summed E-state index contributed by atoms with van der Waals surface area (Å²) in [6, 6.07) is 3.54. The van der Waals surface area contributed by atoms with Crippen molar-refractivity contribution in [2.75, 3.05) is 0 Å². The second-order valence-electron chi connectivity index (χ2n) is 3.79. The third-order valence-corrected chi connectivity index (χ3v) is 3.16. The van der Waals surface area contributed by atoms with Gasteiger partial charge >= 0.3 is 5.97 Å². The van der Waals surface area contributed by atoms with Crippen LogP contribution in [-0.2, 0) is 6.61 Å². The van der Waals surface area contributed by atoms with Crippen molar-refractivity contribution in [1.29, 1.82) is 0 Å². The average Bonchev–Trinajstić information content (AvgIpc) is 2.75. The van der Waals surface area contributed by atoms with Crippen molar-refractivity contribution in [2.45, 2.75) is 13.5 Å². The lowest BCUT2D eigenvalue weighted by Gasteiger charge is -2.10. The number of aromatic carboxylic acids is 1. The van der Waals surface area contributed by atoms with Gasteiger partial charge in [-0.05, 0) is 24.6 Å². The lowest BCUT2D eigenvalue weighted by atomic mass is 10.2. The zero-order valence-electron chi connectivity index (χ0n) is 9.81. The molecule has 7 heteroatoms. The Labute approximate surface area is 122 Å². The molecule has 0 saturated heterocycles. The minimum atomic E-state index is -1.11. The Hall–Kier alpha value is -1.53. The van der Waals surface area contributed by atoms with E-state index in [0.29, 0.717) is 10.8 Å². The molecular formula is C12H9BrClNO4. The van der Waals surface area contributed by atoms with E-state index in [1.165, 1.54) is 0 Å². The standard InChI is InChI=1S/C12H9BrClNO4/c1-6-2-7(13)3-9(14)11(6)18-5-10-8(12(16)17)4-15-19-10/h2-4H,5H2,1H3,(H,16,17). The molecule has 1 aromatic carbocycles. The van der Waals surface area contributed by atoms with E-state index in [1.54, 1.807) is 6.07 Å². The van der Waals surface area contributed by atoms with Crippen molar-refractivity contribution >= 4 is 33.5 Å². The van der Waals surface area contributed by atoms with Crippen molar-refractivity contribution in [2.24, 2.45) is 0 Å². The van der Waals surface area contributed by atoms with Crippen molar-refractivity contribution in [1.82, 2.24) is 5.16 Å². The topological polar surface area (TPSA) is 72.6 Å². The minimum Gasteiger partial charge on any atom is -0.484 e. The fraction of sp³-hybridized carbons (Fsp3) is 0.167. The molecule has 0 saturated carbocycles. The Morgan fingerprint density at radius 3 is 2.95 bits per heavy atom. The van der Waals surface area contributed by atoms with Crippen LogP contribution in [0.15, 0.2) is 27.3 Å². The van der Waals surface area contributed by atoms with Crippen LogP contribution in [0, 0.1) is 6.92 Å². The Bertz CT molecular complexity index is 603. The van der Waals surface area contributed by atoms with Crippen LogP contribution < -0.4 is 4.74 Å². The van der Waals surface area contributed by atoms with Crippen LogP contribution in [0.3, 0.4) is 0 Å². The van der Waals surface area contributed by atoms with Crippen LogP contribution in [0.4, 0.5) is 0 Å². The Kier molecular flexibility index (Phi) is 4.11. The molecule has 1 aromatic heterocycles. The number of hydrogen-bond donors (Lipinski definition) is 1. The molecule has 2 aromatic rings. The van der Waals surface area contributed by atoms with E-state index in [1.807, 2.05) is 13.0 Å². The number of benzene rings is 1.